The molecule has 0 amide bonds. The van der Waals surface area contributed by atoms with Crippen LogP contribution >= 0.6 is 11.6 Å². The van der Waals surface area contributed by atoms with Crippen LogP contribution in [0.1, 0.15) is 5.56 Å². The van der Waals surface area contributed by atoms with Crippen LogP contribution in [0.5, 0.6) is 11.5 Å². The molecule has 0 fully saturated rings. The van der Waals surface area contributed by atoms with Crippen molar-refractivity contribution in [3.05, 3.63) is 35.0 Å². The van der Waals surface area contributed by atoms with Gasteiger partial charge in [0, 0.05) is 24.0 Å². The first-order valence-electron chi connectivity index (χ1n) is 5.95. The summed E-state index contributed by atoms with van der Waals surface area (Å²) >= 11 is 6.12. The molecule has 20 heavy (non-hydrogen) atoms. The van der Waals surface area contributed by atoms with Gasteiger partial charge in [0.25, 0.3) is 0 Å². The summed E-state index contributed by atoms with van der Waals surface area (Å²) in [5, 5.41) is 3.61. The maximum absolute atomic E-state index is 6.12. The molecule has 5 nitrogen and oxygen atoms in total. The van der Waals surface area contributed by atoms with Gasteiger partial charge >= 0.3 is 0 Å². The summed E-state index contributed by atoms with van der Waals surface area (Å²) in [4.78, 5) is 4.26. The number of benzene rings is 1. The van der Waals surface area contributed by atoms with Crippen LogP contribution in [0.25, 0.3) is 0 Å². The molecular weight excluding hydrogens is 278 g/mol. The third kappa shape index (κ3) is 2.88. The molecule has 2 aromatic rings. The lowest BCUT2D eigenvalue weighted by Crippen LogP contribution is -2.00. The van der Waals surface area contributed by atoms with Gasteiger partial charge in [-0.2, -0.15) is 0 Å². The van der Waals surface area contributed by atoms with Crippen molar-refractivity contribution in [2.45, 2.75) is 6.92 Å². The van der Waals surface area contributed by atoms with Crippen LogP contribution in [0.3, 0.4) is 0 Å². The van der Waals surface area contributed by atoms with Crippen LogP contribution in [0.2, 0.25) is 5.02 Å². The highest BCUT2D eigenvalue weighted by Crippen LogP contribution is 2.37. The maximum atomic E-state index is 6.12. The molecule has 0 unspecified atom stereocenters. The number of rotatable bonds is 4. The van der Waals surface area contributed by atoms with Crippen molar-refractivity contribution in [3.8, 4) is 11.5 Å². The van der Waals surface area contributed by atoms with Crippen molar-refractivity contribution in [2.24, 2.45) is 0 Å². The Balaban J connectivity index is 2.37. The standard InChI is InChI=1S/C14H16ClN3O2/c1-8-7-17-14(5-10(8)16)18-11-4-9(15)12(19-2)6-13(11)20-3/h4-7H,1-3H3,(H3,16,17,18). The normalized spacial score (nSPS) is 10.2. The first kappa shape index (κ1) is 14.3. The van der Waals surface area contributed by atoms with Crippen LogP contribution in [0.4, 0.5) is 17.2 Å². The van der Waals surface area contributed by atoms with Gasteiger partial charge < -0.3 is 20.5 Å². The number of hydrogen-bond acceptors (Lipinski definition) is 5. The van der Waals surface area contributed by atoms with Crippen molar-refractivity contribution < 1.29 is 9.47 Å². The van der Waals surface area contributed by atoms with Crippen LogP contribution in [0.15, 0.2) is 24.4 Å². The van der Waals surface area contributed by atoms with E-state index in [1.165, 1.54) is 0 Å². The minimum atomic E-state index is 0.482. The molecule has 3 N–H and O–H groups in total. The monoisotopic (exact) mass is 293 g/mol. The molecule has 0 atom stereocenters. The molecular formula is C14H16ClN3O2. The fourth-order valence-electron chi connectivity index (χ4n) is 1.70. The molecule has 0 saturated heterocycles. The Bertz CT molecular complexity index is 632. The Morgan fingerprint density at radius 2 is 1.85 bits per heavy atom. The summed E-state index contributed by atoms with van der Waals surface area (Å²) in [6.45, 7) is 1.90. The second kappa shape index (κ2) is 5.88. The first-order valence-corrected chi connectivity index (χ1v) is 6.33. The Labute approximate surface area is 122 Å². The Kier molecular flexibility index (Phi) is 4.20. The van der Waals surface area contributed by atoms with E-state index in [2.05, 4.69) is 10.3 Å². The number of halogens is 1. The van der Waals surface area contributed by atoms with E-state index in [0.717, 1.165) is 5.56 Å². The number of nitrogens with two attached hydrogens (primary N) is 1. The van der Waals surface area contributed by atoms with E-state index in [1.54, 1.807) is 38.6 Å². The van der Waals surface area contributed by atoms with Gasteiger partial charge in [-0.15, -0.1) is 0 Å². The minimum Gasteiger partial charge on any atom is -0.495 e. The fraction of sp³-hybridized carbons (Fsp3) is 0.214. The van der Waals surface area contributed by atoms with Crippen molar-refractivity contribution in [1.82, 2.24) is 4.98 Å². The lowest BCUT2D eigenvalue weighted by atomic mass is 10.2. The number of ether oxygens (including phenoxy) is 2. The molecule has 0 radical (unpaired) electrons. The quantitative estimate of drug-likeness (QED) is 0.904. The topological polar surface area (TPSA) is 69.4 Å². The second-order valence-electron chi connectivity index (χ2n) is 4.24. The maximum Gasteiger partial charge on any atom is 0.146 e. The van der Waals surface area contributed by atoms with Crippen molar-refractivity contribution in [1.29, 1.82) is 0 Å². The number of hydrogen-bond donors (Lipinski definition) is 2. The molecule has 0 bridgehead atoms. The van der Waals surface area contributed by atoms with Gasteiger partial charge in [0.15, 0.2) is 0 Å². The summed E-state index contributed by atoms with van der Waals surface area (Å²) in [5.74, 6) is 1.77. The third-order valence-corrected chi connectivity index (χ3v) is 3.18. The van der Waals surface area contributed by atoms with E-state index in [1.807, 2.05) is 6.92 Å². The predicted octanol–water partition coefficient (Wildman–Crippen LogP) is 3.39. The summed E-state index contributed by atoms with van der Waals surface area (Å²) in [5.41, 5.74) is 8.15. The number of pyridine rings is 1. The Hall–Kier alpha value is -2.14. The highest BCUT2D eigenvalue weighted by Gasteiger charge is 2.11. The molecule has 1 aromatic heterocycles. The van der Waals surface area contributed by atoms with E-state index < -0.39 is 0 Å². The van der Waals surface area contributed by atoms with E-state index in [9.17, 15) is 0 Å². The SMILES string of the molecule is COc1cc(OC)c(Nc2cc(N)c(C)cn2)cc1Cl. The summed E-state index contributed by atoms with van der Waals surface area (Å²) in [6.07, 6.45) is 1.70. The largest absolute Gasteiger partial charge is 0.495 e. The van der Waals surface area contributed by atoms with Crippen molar-refractivity contribution in [3.63, 3.8) is 0 Å². The van der Waals surface area contributed by atoms with Gasteiger partial charge in [0.1, 0.15) is 17.3 Å². The number of aromatic nitrogens is 1. The molecule has 0 saturated carbocycles. The molecule has 106 valence electrons. The molecule has 0 aliphatic heterocycles. The fourth-order valence-corrected chi connectivity index (χ4v) is 1.94. The second-order valence-corrected chi connectivity index (χ2v) is 4.65. The van der Waals surface area contributed by atoms with Gasteiger partial charge in [-0.25, -0.2) is 4.98 Å². The van der Waals surface area contributed by atoms with E-state index in [0.29, 0.717) is 33.7 Å². The Morgan fingerprint density at radius 3 is 2.45 bits per heavy atom. The molecule has 0 spiro atoms. The highest BCUT2D eigenvalue weighted by atomic mass is 35.5. The minimum absolute atomic E-state index is 0.482. The first-order chi connectivity index (χ1) is 9.55. The lowest BCUT2D eigenvalue weighted by molar-refractivity contribution is 0.396. The van der Waals surface area contributed by atoms with E-state index >= 15 is 0 Å². The van der Waals surface area contributed by atoms with Crippen LogP contribution < -0.4 is 20.5 Å². The van der Waals surface area contributed by atoms with Gasteiger partial charge in [-0.3, -0.25) is 0 Å². The Morgan fingerprint density at radius 1 is 1.15 bits per heavy atom. The average molecular weight is 294 g/mol. The zero-order valence-corrected chi connectivity index (χ0v) is 12.3. The molecule has 0 aliphatic carbocycles. The number of methoxy groups -OCH3 is 2. The number of nitrogens with zero attached hydrogens (tertiary/aromatic N) is 1. The van der Waals surface area contributed by atoms with Crippen LogP contribution in [0, 0.1) is 6.92 Å². The lowest BCUT2D eigenvalue weighted by Gasteiger charge is -2.14. The van der Waals surface area contributed by atoms with E-state index in [4.69, 9.17) is 26.8 Å². The summed E-state index contributed by atoms with van der Waals surface area (Å²) in [6, 6.07) is 5.19. The highest BCUT2D eigenvalue weighted by molar-refractivity contribution is 6.32. The third-order valence-electron chi connectivity index (χ3n) is 2.88. The molecule has 0 aliphatic rings. The average Bonchev–Trinajstić information content (AvgIpc) is 2.43. The van der Waals surface area contributed by atoms with E-state index in [-0.39, 0.29) is 0 Å². The molecule has 1 aromatic carbocycles. The number of anilines is 3. The summed E-state index contributed by atoms with van der Waals surface area (Å²) < 4.78 is 10.5. The van der Waals surface area contributed by atoms with Gasteiger partial charge in [0.2, 0.25) is 0 Å². The van der Waals surface area contributed by atoms with Crippen LogP contribution in [-0.2, 0) is 0 Å². The van der Waals surface area contributed by atoms with Gasteiger partial charge in [-0.1, -0.05) is 11.6 Å². The number of aryl methyl sites for hydroxylation is 1. The molecule has 2 rings (SSSR count). The zero-order valence-electron chi connectivity index (χ0n) is 11.5. The van der Waals surface area contributed by atoms with Crippen molar-refractivity contribution >= 4 is 28.8 Å². The molecule has 6 heteroatoms. The zero-order chi connectivity index (χ0) is 14.7. The van der Waals surface area contributed by atoms with Gasteiger partial charge in [0.05, 0.1) is 24.9 Å². The predicted molar refractivity (Wildman–Crippen MR) is 81.2 cm³/mol. The molecule has 1 heterocycles. The smallest absolute Gasteiger partial charge is 0.146 e. The summed E-state index contributed by atoms with van der Waals surface area (Å²) in [7, 11) is 3.13. The van der Waals surface area contributed by atoms with Crippen LogP contribution in [-0.4, -0.2) is 19.2 Å². The van der Waals surface area contributed by atoms with Crippen molar-refractivity contribution in [2.75, 3.05) is 25.3 Å². The van der Waals surface area contributed by atoms with Gasteiger partial charge in [-0.05, 0) is 18.6 Å². The number of nitrogens with one attached hydrogen (secondary N) is 1. The number of nitrogen functional groups attached to an aromatic ring is 1.